The van der Waals surface area contributed by atoms with E-state index in [1.165, 1.54) is 62.9 Å². The summed E-state index contributed by atoms with van der Waals surface area (Å²) in [5.41, 5.74) is 2.74. The molecule has 1 saturated heterocycles. The molecule has 2 aliphatic rings. The van der Waals surface area contributed by atoms with Crippen LogP contribution in [-0.4, -0.2) is 25.5 Å². The quantitative estimate of drug-likeness (QED) is 0.789. The van der Waals surface area contributed by atoms with Crippen molar-refractivity contribution < 1.29 is 4.79 Å². The van der Waals surface area contributed by atoms with Gasteiger partial charge in [-0.25, -0.2) is 0 Å². The second-order valence-corrected chi connectivity index (χ2v) is 7.44. The fourth-order valence-electron chi connectivity index (χ4n) is 4.04. The Balaban J connectivity index is 1.36. The molecule has 132 valence electrons. The average molecular weight is 329 g/mol. The number of anilines is 1. The van der Waals surface area contributed by atoms with E-state index in [0.29, 0.717) is 0 Å². The summed E-state index contributed by atoms with van der Waals surface area (Å²) in [4.78, 5) is 14.6. The number of aryl methyl sites for hydroxylation is 1. The Kier molecular flexibility index (Phi) is 6.57. The van der Waals surface area contributed by atoms with Gasteiger partial charge in [0.05, 0.1) is 0 Å². The minimum absolute atomic E-state index is 0.280. The normalized spacial score (nSPS) is 19.2. The fourth-order valence-corrected chi connectivity index (χ4v) is 4.04. The second kappa shape index (κ2) is 9.10. The summed E-state index contributed by atoms with van der Waals surface area (Å²) in [7, 11) is 0. The summed E-state index contributed by atoms with van der Waals surface area (Å²) in [6.07, 6.45) is 12.0. The number of nitrogens with one attached hydrogen (secondary N) is 1. The van der Waals surface area contributed by atoms with Crippen molar-refractivity contribution >= 4 is 11.6 Å². The number of piperidine rings is 1. The Morgan fingerprint density at radius 2 is 1.62 bits per heavy atom. The third-order valence-corrected chi connectivity index (χ3v) is 5.57. The zero-order valence-electron chi connectivity index (χ0n) is 14.9. The van der Waals surface area contributed by atoms with Gasteiger partial charge in [0, 0.05) is 31.2 Å². The van der Waals surface area contributed by atoms with E-state index in [4.69, 9.17) is 0 Å². The van der Waals surface area contributed by atoms with Crippen molar-refractivity contribution in [2.75, 3.05) is 24.5 Å². The van der Waals surface area contributed by atoms with Crippen LogP contribution in [0.25, 0.3) is 0 Å². The molecule has 24 heavy (non-hydrogen) atoms. The average Bonchev–Trinajstić information content (AvgIpc) is 2.67. The van der Waals surface area contributed by atoms with E-state index < -0.39 is 0 Å². The molecule has 0 aromatic heterocycles. The predicted molar refractivity (Wildman–Crippen MR) is 100 cm³/mol. The minimum Gasteiger partial charge on any atom is -0.372 e. The molecule has 0 spiro atoms. The van der Waals surface area contributed by atoms with E-state index in [1.54, 1.807) is 0 Å². The van der Waals surface area contributed by atoms with Crippen molar-refractivity contribution in [1.82, 2.24) is 5.32 Å². The first-order chi connectivity index (χ1) is 11.8. The molecule has 0 bridgehead atoms. The van der Waals surface area contributed by atoms with Crippen LogP contribution in [0.4, 0.5) is 5.69 Å². The number of nitrogens with zero attached hydrogens (tertiary/aromatic N) is 1. The molecule has 1 aromatic carbocycles. The van der Waals surface area contributed by atoms with Gasteiger partial charge in [-0.05, 0) is 62.6 Å². The van der Waals surface area contributed by atoms with Gasteiger partial charge in [0.15, 0.2) is 0 Å². The van der Waals surface area contributed by atoms with Crippen LogP contribution in [0.2, 0.25) is 0 Å². The van der Waals surface area contributed by atoms with Gasteiger partial charge < -0.3 is 10.2 Å². The largest absolute Gasteiger partial charge is 0.372 e. The molecule has 1 heterocycles. The molecule has 1 N–H and O–H groups in total. The van der Waals surface area contributed by atoms with E-state index >= 15 is 0 Å². The number of benzene rings is 1. The van der Waals surface area contributed by atoms with Crippen LogP contribution >= 0.6 is 0 Å². The molecular weight excluding hydrogens is 296 g/mol. The van der Waals surface area contributed by atoms with Gasteiger partial charge in [-0.3, -0.25) is 4.79 Å². The van der Waals surface area contributed by atoms with Crippen LogP contribution in [-0.2, 0) is 11.2 Å². The van der Waals surface area contributed by atoms with Gasteiger partial charge in [-0.1, -0.05) is 31.4 Å². The van der Waals surface area contributed by atoms with Crippen molar-refractivity contribution in [2.45, 2.75) is 64.2 Å². The zero-order chi connectivity index (χ0) is 16.6. The van der Waals surface area contributed by atoms with E-state index in [2.05, 4.69) is 34.5 Å². The van der Waals surface area contributed by atoms with E-state index in [0.717, 1.165) is 32.2 Å². The molecule has 2 fully saturated rings. The van der Waals surface area contributed by atoms with Crippen molar-refractivity contribution in [3.8, 4) is 0 Å². The highest BCUT2D eigenvalue weighted by atomic mass is 16.1. The molecule has 1 saturated carbocycles. The number of rotatable bonds is 6. The lowest BCUT2D eigenvalue weighted by Gasteiger charge is -2.28. The number of hydrogen-bond acceptors (Lipinski definition) is 2. The standard InChI is InChI=1S/C21H32N2O/c24-21(19-9-3-1-4-10-19)22-15-7-8-18-11-13-20(14-12-18)23-16-5-2-6-17-23/h11-14,19H,1-10,15-17H2,(H,22,24). The molecule has 1 aliphatic heterocycles. The fraction of sp³-hybridized carbons (Fsp3) is 0.667. The lowest BCUT2D eigenvalue weighted by Crippen LogP contribution is -2.32. The number of carbonyl (C=O) groups is 1. The Labute approximate surface area is 146 Å². The summed E-state index contributed by atoms with van der Waals surface area (Å²) in [6.45, 7) is 3.21. The maximum Gasteiger partial charge on any atom is 0.223 e. The van der Waals surface area contributed by atoms with Crippen LogP contribution in [0, 0.1) is 5.92 Å². The van der Waals surface area contributed by atoms with E-state index in [1.807, 2.05) is 0 Å². The molecule has 3 heteroatoms. The molecular formula is C21H32N2O. The van der Waals surface area contributed by atoms with Gasteiger partial charge in [0.25, 0.3) is 0 Å². The van der Waals surface area contributed by atoms with Crippen LogP contribution in [0.3, 0.4) is 0 Å². The maximum absolute atomic E-state index is 12.1. The molecule has 1 aliphatic carbocycles. The Morgan fingerprint density at radius 3 is 2.33 bits per heavy atom. The first kappa shape index (κ1) is 17.3. The van der Waals surface area contributed by atoms with Crippen molar-refractivity contribution in [1.29, 1.82) is 0 Å². The van der Waals surface area contributed by atoms with Crippen LogP contribution in [0.5, 0.6) is 0 Å². The summed E-state index contributed by atoms with van der Waals surface area (Å²) in [6, 6.07) is 9.04. The van der Waals surface area contributed by atoms with Gasteiger partial charge >= 0.3 is 0 Å². The Bertz CT molecular complexity index is 499. The second-order valence-electron chi connectivity index (χ2n) is 7.44. The van der Waals surface area contributed by atoms with Crippen LogP contribution in [0.1, 0.15) is 63.4 Å². The highest BCUT2D eigenvalue weighted by Gasteiger charge is 2.20. The summed E-state index contributed by atoms with van der Waals surface area (Å²) >= 11 is 0. The summed E-state index contributed by atoms with van der Waals surface area (Å²) in [5, 5.41) is 3.14. The van der Waals surface area contributed by atoms with Gasteiger partial charge in [-0.15, -0.1) is 0 Å². The van der Waals surface area contributed by atoms with Gasteiger partial charge in [-0.2, -0.15) is 0 Å². The van der Waals surface area contributed by atoms with E-state index in [9.17, 15) is 4.79 Å². The van der Waals surface area contributed by atoms with Crippen molar-refractivity contribution in [3.63, 3.8) is 0 Å². The van der Waals surface area contributed by atoms with Gasteiger partial charge in [0.2, 0.25) is 5.91 Å². The van der Waals surface area contributed by atoms with Crippen LogP contribution in [0.15, 0.2) is 24.3 Å². The third kappa shape index (κ3) is 4.99. The summed E-state index contributed by atoms with van der Waals surface area (Å²) in [5.74, 6) is 0.567. The number of amides is 1. The molecule has 0 radical (unpaired) electrons. The topological polar surface area (TPSA) is 32.3 Å². The molecule has 0 atom stereocenters. The molecule has 0 unspecified atom stereocenters. The zero-order valence-corrected chi connectivity index (χ0v) is 14.9. The molecule has 1 aromatic rings. The highest BCUT2D eigenvalue weighted by molar-refractivity contribution is 5.78. The first-order valence-electron chi connectivity index (χ1n) is 9.94. The maximum atomic E-state index is 12.1. The molecule has 1 amide bonds. The predicted octanol–water partition coefficient (Wildman–Crippen LogP) is 4.31. The monoisotopic (exact) mass is 328 g/mol. The highest BCUT2D eigenvalue weighted by Crippen LogP contribution is 2.23. The summed E-state index contributed by atoms with van der Waals surface area (Å²) < 4.78 is 0. The first-order valence-corrected chi connectivity index (χ1v) is 9.94. The molecule has 3 nitrogen and oxygen atoms in total. The Hall–Kier alpha value is -1.51. The lowest BCUT2D eigenvalue weighted by atomic mass is 9.88. The van der Waals surface area contributed by atoms with Crippen molar-refractivity contribution in [2.24, 2.45) is 5.92 Å². The lowest BCUT2D eigenvalue weighted by molar-refractivity contribution is -0.125. The van der Waals surface area contributed by atoms with E-state index in [-0.39, 0.29) is 11.8 Å². The smallest absolute Gasteiger partial charge is 0.223 e. The number of hydrogen-bond donors (Lipinski definition) is 1. The van der Waals surface area contributed by atoms with Crippen LogP contribution < -0.4 is 10.2 Å². The minimum atomic E-state index is 0.280. The SMILES string of the molecule is O=C(NCCCc1ccc(N2CCCCC2)cc1)C1CCCCC1. The Morgan fingerprint density at radius 1 is 0.958 bits per heavy atom. The number of carbonyl (C=O) groups excluding carboxylic acids is 1. The third-order valence-electron chi connectivity index (χ3n) is 5.57. The molecule has 3 rings (SSSR count). The van der Waals surface area contributed by atoms with Crippen molar-refractivity contribution in [3.05, 3.63) is 29.8 Å². The van der Waals surface area contributed by atoms with Gasteiger partial charge in [0.1, 0.15) is 0 Å².